The first-order valence-corrected chi connectivity index (χ1v) is 13.3. The molecule has 1 aromatic carbocycles. The van der Waals surface area contributed by atoms with Crippen LogP contribution in [0.3, 0.4) is 0 Å². The van der Waals surface area contributed by atoms with Crippen LogP contribution in [0.5, 0.6) is 11.5 Å². The Morgan fingerprint density at radius 2 is 1.95 bits per heavy atom. The van der Waals surface area contributed by atoms with Gasteiger partial charge >= 0.3 is 5.97 Å². The van der Waals surface area contributed by atoms with Crippen molar-refractivity contribution in [3.63, 3.8) is 0 Å². The van der Waals surface area contributed by atoms with Crippen LogP contribution in [0.25, 0.3) is 6.08 Å². The minimum absolute atomic E-state index is 0.0816. The predicted octanol–water partition coefficient (Wildman–Crippen LogP) is 5.49. The van der Waals surface area contributed by atoms with Gasteiger partial charge in [0.05, 0.1) is 10.7 Å². The number of aromatic hydroxyl groups is 2. The number of phenolic OH excluding ortho intramolecular Hbond substituents is 2. The van der Waals surface area contributed by atoms with Crippen LogP contribution in [-0.4, -0.2) is 52.8 Å². The van der Waals surface area contributed by atoms with Crippen molar-refractivity contribution in [3.05, 3.63) is 52.2 Å². The molecule has 2 unspecified atom stereocenters. The van der Waals surface area contributed by atoms with Gasteiger partial charge in [-0.3, -0.25) is 15.1 Å². The Morgan fingerprint density at radius 1 is 1.19 bits per heavy atom. The van der Waals surface area contributed by atoms with E-state index in [4.69, 9.17) is 21.2 Å². The third-order valence-corrected chi connectivity index (χ3v) is 6.81. The molecule has 9 heteroatoms. The maximum atomic E-state index is 13.2. The van der Waals surface area contributed by atoms with Gasteiger partial charge in [-0.2, -0.15) is 0 Å². The molecule has 202 valence electrons. The second-order valence-corrected chi connectivity index (χ2v) is 9.92. The molecule has 3 rings (SSSR count). The lowest BCUT2D eigenvalue weighted by Crippen LogP contribution is -2.39. The van der Waals surface area contributed by atoms with Crippen LogP contribution >= 0.6 is 11.6 Å². The maximum Gasteiger partial charge on any atom is 0.342 e. The van der Waals surface area contributed by atoms with Crippen molar-refractivity contribution in [2.75, 3.05) is 19.7 Å². The number of nitrogens with zero attached hydrogens (tertiary/aromatic N) is 1. The van der Waals surface area contributed by atoms with Crippen LogP contribution in [0.2, 0.25) is 5.02 Å². The molecule has 1 amide bonds. The molecule has 2 atom stereocenters. The lowest BCUT2D eigenvalue weighted by atomic mass is 10.0. The molecule has 0 aromatic heterocycles. The van der Waals surface area contributed by atoms with Crippen molar-refractivity contribution in [3.8, 4) is 11.5 Å². The number of hydrogen-bond acceptors (Lipinski definition) is 7. The average molecular weight is 533 g/mol. The van der Waals surface area contributed by atoms with Crippen LogP contribution in [0.4, 0.5) is 0 Å². The fourth-order valence-electron chi connectivity index (χ4n) is 4.39. The highest BCUT2D eigenvalue weighted by molar-refractivity contribution is 6.34. The van der Waals surface area contributed by atoms with Crippen LogP contribution in [0.1, 0.15) is 74.7 Å². The molecule has 1 aromatic rings. The number of allylic oxidation sites excluding steroid dienone is 3. The molecule has 2 heterocycles. The molecule has 0 bridgehead atoms. The molecule has 0 saturated carbocycles. The molecule has 1 fully saturated rings. The number of carbonyl (C=O) groups is 2. The van der Waals surface area contributed by atoms with E-state index < -0.39 is 11.7 Å². The predicted molar refractivity (Wildman–Crippen MR) is 143 cm³/mol. The zero-order chi connectivity index (χ0) is 26.8. The summed E-state index contributed by atoms with van der Waals surface area (Å²) in [7, 11) is 0. The van der Waals surface area contributed by atoms with Crippen molar-refractivity contribution < 1.29 is 29.4 Å². The summed E-state index contributed by atoms with van der Waals surface area (Å²) in [6, 6.07) is 1.02. The standard InChI is InChI=1S/C28H37ClN2O6/c1-3-9-21-13-8-11-19(2)10-7-12-20(30-36-18-25(34)31-14-5-4-6-15-31)16-22-26(28(35)37-21)23(32)17-24(33)27(22)29/h7-8,11-12,16-17,19,21,30,32-33H,3-6,9-10,13-15,18H2,1-2H3/b11-8?,12-7?,20-16-. The number of halogens is 1. The highest BCUT2D eigenvalue weighted by Crippen LogP contribution is 2.38. The second-order valence-electron chi connectivity index (χ2n) is 9.54. The number of nitrogens with one attached hydrogen (secondary N) is 1. The molecule has 2 aliphatic heterocycles. The number of fused-ring (bicyclic) bond motifs is 1. The molecule has 0 spiro atoms. The maximum absolute atomic E-state index is 13.2. The molecule has 37 heavy (non-hydrogen) atoms. The Balaban J connectivity index is 1.93. The second kappa shape index (κ2) is 14.1. The van der Waals surface area contributed by atoms with Crippen LogP contribution in [0, 0.1) is 5.92 Å². The number of phenols is 2. The number of hydrogen-bond donors (Lipinski definition) is 3. The van der Waals surface area contributed by atoms with Crippen molar-refractivity contribution in [2.45, 2.75) is 64.9 Å². The van der Waals surface area contributed by atoms with E-state index in [0.717, 1.165) is 51.3 Å². The number of esters is 1. The van der Waals surface area contributed by atoms with Crippen molar-refractivity contribution in [2.24, 2.45) is 5.92 Å². The summed E-state index contributed by atoms with van der Waals surface area (Å²) in [6.45, 7) is 5.36. The van der Waals surface area contributed by atoms with Gasteiger partial charge in [0.1, 0.15) is 23.2 Å². The fraction of sp³-hybridized carbons (Fsp3) is 0.500. The topological polar surface area (TPSA) is 108 Å². The quantitative estimate of drug-likeness (QED) is 0.252. The van der Waals surface area contributed by atoms with Crippen molar-refractivity contribution in [1.82, 2.24) is 10.4 Å². The minimum Gasteiger partial charge on any atom is -0.507 e. The first kappa shape index (κ1) is 28.6. The van der Waals surface area contributed by atoms with Gasteiger partial charge in [-0.25, -0.2) is 4.79 Å². The summed E-state index contributed by atoms with van der Waals surface area (Å²) in [5, 5.41) is 20.7. The number of rotatable bonds is 6. The Bertz CT molecular complexity index is 1050. The number of benzene rings is 1. The van der Waals surface area contributed by atoms with Gasteiger partial charge in [-0.05, 0) is 50.2 Å². The summed E-state index contributed by atoms with van der Waals surface area (Å²) in [5.41, 5.74) is 3.08. The number of cyclic esters (lactones) is 1. The summed E-state index contributed by atoms with van der Waals surface area (Å²) in [5.74, 6) is -1.45. The normalized spacial score (nSPS) is 22.4. The lowest BCUT2D eigenvalue weighted by molar-refractivity contribution is -0.139. The van der Waals surface area contributed by atoms with Gasteiger partial charge in [0.15, 0.2) is 6.61 Å². The number of likely N-dealkylation sites (tertiary alicyclic amines) is 1. The number of amides is 1. The van der Waals surface area contributed by atoms with Crippen molar-refractivity contribution >= 4 is 29.6 Å². The van der Waals surface area contributed by atoms with Gasteiger partial charge in [0, 0.05) is 31.1 Å². The Morgan fingerprint density at radius 3 is 2.68 bits per heavy atom. The zero-order valence-corrected chi connectivity index (χ0v) is 22.3. The van der Waals surface area contributed by atoms with Crippen LogP contribution in [0.15, 0.2) is 36.1 Å². The number of ether oxygens (including phenoxy) is 1. The Hall–Kier alpha value is -2.97. The molecule has 3 N–H and O–H groups in total. The SMILES string of the molecule is CCCC1CC=CC(C)CC=C/C(NOCC(=O)N2CCCCC2)=C/c2c(Cl)c(O)cc(O)c2C(=O)O1. The van der Waals surface area contributed by atoms with Gasteiger partial charge in [0.2, 0.25) is 0 Å². The first-order chi connectivity index (χ1) is 17.8. The third-order valence-electron chi connectivity index (χ3n) is 6.41. The van der Waals surface area contributed by atoms with E-state index in [0.29, 0.717) is 18.5 Å². The van der Waals surface area contributed by atoms with Crippen LogP contribution in [-0.2, 0) is 14.4 Å². The highest BCUT2D eigenvalue weighted by Gasteiger charge is 2.25. The zero-order valence-electron chi connectivity index (χ0n) is 21.5. The van der Waals surface area contributed by atoms with Crippen molar-refractivity contribution in [1.29, 1.82) is 0 Å². The third kappa shape index (κ3) is 8.27. The monoisotopic (exact) mass is 532 g/mol. The van der Waals surface area contributed by atoms with E-state index >= 15 is 0 Å². The Kier molecular flexibility index (Phi) is 10.9. The summed E-state index contributed by atoms with van der Waals surface area (Å²) in [6.07, 6.45) is 14.7. The summed E-state index contributed by atoms with van der Waals surface area (Å²) < 4.78 is 5.75. The van der Waals surface area contributed by atoms with E-state index in [2.05, 4.69) is 18.5 Å². The molecular weight excluding hydrogens is 496 g/mol. The van der Waals surface area contributed by atoms with E-state index in [-0.39, 0.29) is 46.4 Å². The lowest BCUT2D eigenvalue weighted by Gasteiger charge is -2.26. The molecule has 0 aliphatic carbocycles. The summed E-state index contributed by atoms with van der Waals surface area (Å²) in [4.78, 5) is 33.0. The molecular formula is C28H37ClN2O6. The number of hydroxylamine groups is 1. The van der Waals surface area contributed by atoms with E-state index in [9.17, 15) is 19.8 Å². The summed E-state index contributed by atoms with van der Waals surface area (Å²) >= 11 is 6.39. The highest BCUT2D eigenvalue weighted by atomic mass is 35.5. The number of carbonyl (C=O) groups excluding carboxylic acids is 2. The first-order valence-electron chi connectivity index (χ1n) is 13.0. The number of piperidine rings is 1. The van der Waals surface area contributed by atoms with E-state index in [1.165, 1.54) is 6.08 Å². The van der Waals surface area contributed by atoms with Gasteiger partial charge < -0.3 is 19.8 Å². The van der Waals surface area contributed by atoms with E-state index in [1.807, 2.05) is 19.1 Å². The molecule has 2 aliphatic rings. The van der Waals surface area contributed by atoms with E-state index in [1.54, 1.807) is 11.0 Å². The fourth-order valence-corrected chi connectivity index (χ4v) is 4.60. The Labute approximate surface area is 223 Å². The van der Waals surface area contributed by atoms with Gasteiger partial charge in [0.25, 0.3) is 5.91 Å². The van der Waals surface area contributed by atoms with Crippen LogP contribution < -0.4 is 5.48 Å². The largest absolute Gasteiger partial charge is 0.507 e. The minimum atomic E-state index is -0.743. The molecule has 8 nitrogen and oxygen atoms in total. The molecule has 1 saturated heterocycles. The molecule has 0 radical (unpaired) electrons. The van der Waals surface area contributed by atoms with Gasteiger partial charge in [-0.1, -0.05) is 50.1 Å². The smallest absolute Gasteiger partial charge is 0.342 e. The van der Waals surface area contributed by atoms with Gasteiger partial charge in [-0.15, -0.1) is 0 Å². The average Bonchev–Trinajstić information content (AvgIpc) is 2.87.